The number of carbonyl (C=O) groups excluding carboxylic acids is 2. The number of carbonyl (C=O) groups is 2. The van der Waals surface area contributed by atoms with Crippen molar-refractivity contribution in [3.05, 3.63) is 69.2 Å². The first kappa shape index (κ1) is 22.4. The van der Waals surface area contributed by atoms with Crippen molar-refractivity contribution in [2.24, 2.45) is 0 Å². The molecule has 4 nitrogen and oxygen atoms in total. The highest BCUT2D eigenvalue weighted by Gasteiger charge is 2.26. The van der Waals surface area contributed by atoms with Gasteiger partial charge in [0.2, 0.25) is 11.8 Å². The van der Waals surface area contributed by atoms with Gasteiger partial charge in [0.25, 0.3) is 0 Å². The second-order valence-electron chi connectivity index (χ2n) is 6.95. The van der Waals surface area contributed by atoms with Gasteiger partial charge in [-0.3, -0.25) is 9.59 Å². The van der Waals surface area contributed by atoms with Crippen LogP contribution in [0.4, 0.5) is 0 Å². The number of nitrogens with zero attached hydrogens (tertiary/aromatic N) is 1. The number of hydrogen-bond acceptors (Lipinski definition) is 2. The lowest BCUT2D eigenvalue weighted by Gasteiger charge is -2.30. The van der Waals surface area contributed by atoms with E-state index in [0.717, 1.165) is 22.0 Å². The summed E-state index contributed by atoms with van der Waals surface area (Å²) >= 11 is 9.47. The van der Waals surface area contributed by atoms with Crippen LogP contribution in [0.2, 0.25) is 5.02 Å². The highest BCUT2D eigenvalue weighted by molar-refractivity contribution is 9.10. The van der Waals surface area contributed by atoms with Gasteiger partial charge in [-0.15, -0.1) is 0 Å². The molecule has 0 spiro atoms. The van der Waals surface area contributed by atoms with Gasteiger partial charge < -0.3 is 10.2 Å². The van der Waals surface area contributed by atoms with Crippen LogP contribution in [0.1, 0.15) is 38.3 Å². The van der Waals surface area contributed by atoms with E-state index >= 15 is 0 Å². The maximum atomic E-state index is 13.1. The zero-order chi connectivity index (χ0) is 20.7. The summed E-state index contributed by atoms with van der Waals surface area (Å²) in [7, 11) is 0. The van der Waals surface area contributed by atoms with Crippen LogP contribution < -0.4 is 5.32 Å². The number of rotatable bonds is 8. The quantitative estimate of drug-likeness (QED) is 0.598. The largest absolute Gasteiger partial charge is 0.352 e. The maximum absolute atomic E-state index is 13.1. The third-order valence-electron chi connectivity index (χ3n) is 4.68. The Labute approximate surface area is 180 Å². The fraction of sp³-hybridized carbons (Fsp3) is 0.364. The van der Waals surface area contributed by atoms with Crippen molar-refractivity contribution in [3.8, 4) is 0 Å². The fourth-order valence-electron chi connectivity index (χ4n) is 2.76. The van der Waals surface area contributed by atoms with Crippen molar-refractivity contribution in [3.63, 3.8) is 0 Å². The van der Waals surface area contributed by atoms with E-state index in [0.29, 0.717) is 11.6 Å². The van der Waals surface area contributed by atoms with Gasteiger partial charge in [0.15, 0.2) is 0 Å². The molecule has 0 saturated heterocycles. The predicted molar refractivity (Wildman–Crippen MR) is 117 cm³/mol. The van der Waals surface area contributed by atoms with Gasteiger partial charge in [0, 0.05) is 22.1 Å². The van der Waals surface area contributed by atoms with Crippen molar-refractivity contribution >= 4 is 39.3 Å². The fourth-order valence-corrected chi connectivity index (χ4v) is 3.23. The third kappa shape index (κ3) is 6.64. The summed E-state index contributed by atoms with van der Waals surface area (Å²) in [5.74, 6) is -0.261. The second kappa shape index (κ2) is 10.6. The lowest BCUT2D eigenvalue weighted by Crippen LogP contribution is -2.49. The predicted octanol–water partition coefficient (Wildman–Crippen LogP) is 4.98. The van der Waals surface area contributed by atoms with E-state index in [9.17, 15) is 9.59 Å². The van der Waals surface area contributed by atoms with Crippen LogP contribution in [0, 0.1) is 0 Å². The molecule has 2 rings (SSSR count). The van der Waals surface area contributed by atoms with Gasteiger partial charge in [0.1, 0.15) is 6.04 Å². The molecular formula is C22H26BrClN2O2. The summed E-state index contributed by atoms with van der Waals surface area (Å²) in [4.78, 5) is 27.4. The summed E-state index contributed by atoms with van der Waals surface area (Å²) < 4.78 is 0.968. The van der Waals surface area contributed by atoms with Crippen LogP contribution in [0.3, 0.4) is 0 Å². The molecule has 150 valence electrons. The van der Waals surface area contributed by atoms with Gasteiger partial charge in [-0.1, -0.05) is 58.7 Å². The van der Waals surface area contributed by atoms with Crippen LogP contribution in [-0.4, -0.2) is 28.8 Å². The zero-order valence-electron chi connectivity index (χ0n) is 16.4. The van der Waals surface area contributed by atoms with E-state index in [1.54, 1.807) is 24.0 Å². The lowest BCUT2D eigenvalue weighted by molar-refractivity contribution is -0.140. The summed E-state index contributed by atoms with van der Waals surface area (Å²) in [6.07, 6.45) is 1.03. The molecule has 2 atom stereocenters. The Hall–Kier alpha value is -1.85. The highest BCUT2D eigenvalue weighted by Crippen LogP contribution is 2.17. The first-order valence-corrected chi connectivity index (χ1v) is 10.6. The van der Waals surface area contributed by atoms with Crippen molar-refractivity contribution in [2.45, 2.75) is 52.2 Å². The number of nitrogens with one attached hydrogen (secondary N) is 1. The number of amides is 2. The SMILES string of the molecule is CC[C@@H](C)NC(=O)[C@H](C)N(Cc1ccc(Br)cc1)C(=O)Cc1cccc(Cl)c1. The molecule has 1 N–H and O–H groups in total. The van der Waals surface area contributed by atoms with E-state index in [1.807, 2.05) is 50.2 Å². The smallest absolute Gasteiger partial charge is 0.242 e. The maximum Gasteiger partial charge on any atom is 0.242 e. The number of halogens is 2. The minimum atomic E-state index is -0.579. The summed E-state index contributed by atoms with van der Waals surface area (Å²) in [6, 6.07) is 14.5. The Morgan fingerprint density at radius 3 is 2.39 bits per heavy atom. The zero-order valence-corrected chi connectivity index (χ0v) is 18.8. The summed E-state index contributed by atoms with van der Waals surface area (Å²) in [5, 5.41) is 3.56. The third-order valence-corrected chi connectivity index (χ3v) is 5.44. The molecule has 0 aliphatic heterocycles. The topological polar surface area (TPSA) is 49.4 Å². The van der Waals surface area contributed by atoms with Crippen LogP contribution >= 0.6 is 27.5 Å². The Morgan fingerprint density at radius 1 is 1.11 bits per heavy atom. The van der Waals surface area contributed by atoms with E-state index in [2.05, 4.69) is 21.2 Å². The Balaban J connectivity index is 2.22. The van der Waals surface area contributed by atoms with Crippen molar-refractivity contribution in [2.75, 3.05) is 0 Å². The van der Waals surface area contributed by atoms with Crippen LogP contribution in [0.25, 0.3) is 0 Å². The molecule has 0 heterocycles. The molecule has 0 radical (unpaired) electrons. The molecule has 0 fully saturated rings. The standard InChI is InChI=1S/C22H26BrClN2O2/c1-4-15(2)25-22(28)16(3)26(14-17-8-10-19(23)11-9-17)21(27)13-18-6-5-7-20(24)12-18/h5-12,15-16H,4,13-14H2,1-3H3,(H,25,28)/t15-,16+/m1/s1. The van der Waals surface area contributed by atoms with Crippen LogP contribution in [0.5, 0.6) is 0 Å². The van der Waals surface area contributed by atoms with Crippen molar-refractivity contribution < 1.29 is 9.59 Å². The molecule has 28 heavy (non-hydrogen) atoms. The van der Waals surface area contributed by atoms with E-state index in [1.165, 1.54) is 0 Å². The average Bonchev–Trinajstić information content (AvgIpc) is 2.66. The van der Waals surface area contributed by atoms with Crippen molar-refractivity contribution in [1.82, 2.24) is 10.2 Å². The Kier molecular flexibility index (Phi) is 8.52. The van der Waals surface area contributed by atoms with E-state index in [4.69, 9.17) is 11.6 Å². The lowest BCUT2D eigenvalue weighted by atomic mass is 10.1. The molecule has 2 amide bonds. The van der Waals surface area contributed by atoms with Crippen LogP contribution in [0.15, 0.2) is 53.0 Å². The number of hydrogen-bond donors (Lipinski definition) is 1. The Bertz CT molecular complexity index is 810. The molecule has 0 bridgehead atoms. The molecule has 0 unspecified atom stereocenters. The average molecular weight is 466 g/mol. The summed E-state index contributed by atoms with van der Waals surface area (Å²) in [6.45, 7) is 6.10. The monoisotopic (exact) mass is 464 g/mol. The van der Waals surface area contributed by atoms with Gasteiger partial charge in [0.05, 0.1) is 6.42 Å². The molecule has 0 saturated carbocycles. The van der Waals surface area contributed by atoms with E-state index in [-0.39, 0.29) is 24.3 Å². The molecular weight excluding hydrogens is 440 g/mol. The first-order chi connectivity index (χ1) is 13.3. The van der Waals surface area contributed by atoms with Crippen molar-refractivity contribution in [1.29, 1.82) is 0 Å². The highest BCUT2D eigenvalue weighted by atomic mass is 79.9. The Morgan fingerprint density at radius 2 is 1.79 bits per heavy atom. The molecule has 0 aromatic heterocycles. The van der Waals surface area contributed by atoms with Gasteiger partial charge >= 0.3 is 0 Å². The molecule has 2 aromatic carbocycles. The van der Waals surface area contributed by atoms with Gasteiger partial charge in [-0.05, 0) is 55.7 Å². The molecule has 2 aromatic rings. The minimum Gasteiger partial charge on any atom is -0.352 e. The molecule has 0 aliphatic carbocycles. The summed E-state index contributed by atoms with van der Waals surface area (Å²) in [5.41, 5.74) is 1.79. The minimum absolute atomic E-state index is 0.0625. The molecule has 0 aliphatic rings. The van der Waals surface area contributed by atoms with E-state index < -0.39 is 6.04 Å². The normalized spacial score (nSPS) is 12.9. The first-order valence-electron chi connectivity index (χ1n) is 9.39. The van der Waals surface area contributed by atoms with Crippen LogP contribution in [-0.2, 0) is 22.6 Å². The molecule has 6 heteroatoms. The number of benzene rings is 2. The second-order valence-corrected chi connectivity index (χ2v) is 8.30. The van der Waals surface area contributed by atoms with Gasteiger partial charge in [-0.25, -0.2) is 0 Å². The van der Waals surface area contributed by atoms with Gasteiger partial charge in [-0.2, -0.15) is 0 Å².